The Bertz CT molecular complexity index is 983. The third-order valence-electron chi connectivity index (χ3n) is 3.43. The van der Waals surface area contributed by atoms with Gasteiger partial charge in [0.25, 0.3) is 0 Å². The minimum absolute atomic E-state index is 0.0412. The van der Waals surface area contributed by atoms with Crippen molar-refractivity contribution in [2.45, 2.75) is 6.92 Å². The summed E-state index contributed by atoms with van der Waals surface area (Å²) in [4.78, 5) is 23.8. The Kier molecular flexibility index (Phi) is 3.02. The van der Waals surface area contributed by atoms with E-state index in [4.69, 9.17) is 14.3 Å². The van der Waals surface area contributed by atoms with Crippen molar-refractivity contribution < 1.29 is 24.2 Å². The second kappa shape index (κ2) is 4.77. The first-order chi connectivity index (χ1) is 10.4. The van der Waals surface area contributed by atoms with Crippen molar-refractivity contribution in [3.05, 3.63) is 45.6 Å². The molecule has 0 aliphatic rings. The molecular weight excluding hydrogens is 288 g/mol. The number of phenolic OH excluding ortho intramolecular Hbond substituents is 1. The zero-order valence-corrected chi connectivity index (χ0v) is 11.8. The molecule has 0 atom stereocenters. The number of carboxylic acid groups (broad SMARTS) is 1. The van der Waals surface area contributed by atoms with E-state index in [1.807, 2.05) is 0 Å². The normalized spacial score (nSPS) is 11.0. The van der Waals surface area contributed by atoms with Crippen LogP contribution in [0.5, 0.6) is 11.5 Å². The van der Waals surface area contributed by atoms with Crippen molar-refractivity contribution in [2.75, 3.05) is 7.11 Å². The molecule has 2 aromatic carbocycles. The van der Waals surface area contributed by atoms with Gasteiger partial charge in [-0.1, -0.05) is 0 Å². The molecule has 0 amide bonds. The number of benzene rings is 2. The molecule has 0 aliphatic heterocycles. The van der Waals surface area contributed by atoms with Gasteiger partial charge in [0.1, 0.15) is 33.4 Å². The van der Waals surface area contributed by atoms with E-state index in [2.05, 4.69) is 0 Å². The summed E-state index contributed by atoms with van der Waals surface area (Å²) in [5, 5.41) is 19.3. The summed E-state index contributed by atoms with van der Waals surface area (Å²) in [5.74, 6) is -1.25. The topological polar surface area (TPSA) is 97.0 Å². The average Bonchev–Trinajstić information content (AvgIpc) is 2.44. The molecule has 0 fully saturated rings. The average molecular weight is 300 g/mol. The highest BCUT2D eigenvalue weighted by atomic mass is 16.5. The Morgan fingerprint density at radius 1 is 1.14 bits per heavy atom. The first-order valence-electron chi connectivity index (χ1n) is 6.44. The van der Waals surface area contributed by atoms with Gasteiger partial charge in [0.15, 0.2) is 0 Å². The zero-order chi connectivity index (χ0) is 16.0. The number of phenols is 1. The number of fused-ring (bicyclic) bond motifs is 2. The number of carboxylic acids is 1. The van der Waals surface area contributed by atoms with Crippen LogP contribution in [-0.2, 0) is 0 Å². The fraction of sp³-hybridized carbons (Fsp3) is 0.125. The van der Waals surface area contributed by atoms with Crippen molar-refractivity contribution in [3.8, 4) is 11.5 Å². The third-order valence-corrected chi connectivity index (χ3v) is 3.43. The van der Waals surface area contributed by atoms with Gasteiger partial charge in [-0.3, -0.25) is 4.79 Å². The van der Waals surface area contributed by atoms with E-state index in [1.54, 1.807) is 13.0 Å². The van der Waals surface area contributed by atoms with Gasteiger partial charge in [-0.25, -0.2) is 4.79 Å². The number of rotatable bonds is 2. The number of hydrogen-bond acceptors (Lipinski definition) is 5. The predicted octanol–water partition coefficient (Wildman–Crippen LogP) is 2.67. The SMILES string of the molecule is COc1cc(C(=O)O)cc2oc3cc(C)cc(O)c3c(=O)c12. The van der Waals surface area contributed by atoms with E-state index >= 15 is 0 Å². The Hall–Kier alpha value is -3.02. The van der Waals surface area contributed by atoms with Crippen LogP contribution in [0.3, 0.4) is 0 Å². The van der Waals surface area contributed by atoms with E-state index in [0.717, 1.165) is 0 Å². The molecule has 0 bridgehead atoms. The maximum atomic E-state index is 12.6. The van der Waals surface area contributed by atoms with Crippen molar-refractivity contribution in [1.82, 2.24) is 0 Å². The Labute approximate surface area is 124 Å². The van der Waals surface area contributed by atoms with E-state index in [9.17, 15) is 14.7 Å². The molecule has 112 valence electrons. The molecule has 3 rings (SSSR count). The summed E-state index contributed by atoms with van der Waals surface area (Å²) in [7, 11) is 1.33. The second-order valence-corrected chi connectivity index (χ2v) is 4.95. The monoisotopic (exact) mass is 300 g/mol. The molecule has 0 aliphatic carbocycles. The molecule has 0 saturated carbocycles. The molecule has 6 heteroatoms. The van der Waals surface area contributed by atoms with Gasteiger partial charge in [-0.05, 0) is 36.8 Å². The fourth-order valence-corrected chi connectivity index (χ4v) is 2.47. The summed E-state index contributed by atoms with van der Waals surface area (Å²) in [5.41, 5.74) is 0.485. The van der Waals surface area contributed by atoms with E-state index in [1.165, 1.54) is 25.3 Å². The maximum Gasteiger partial charge on any atom is 0.335 e. The van der Waals surface area contributed by atoms with Gasteiger partial charge in [0, 0.05) is 0 Å². The summed E-state index contributed by atoms with van der Waals surface area (Å²) in [6.45, 7) is 1.75. The number of carbonyl (C=O) groups is 1. The van der Waals surface area contributed by atoms with Crippen LogP contribution >= 0.6 is 0 Å². The maximum absolute atomic E-state index is 12.6. The van der Waals surface area contributed by atoms with Crippen molar-refractivity contribution >= 4 is 27.9 Å². The zero-order valence-electron chi connectivity index (χ0n) is 11.8. The van der Waals surface area contributed by atoms with Crippen LogP contribution in [0, 0.1) is 6.92 Å². The van der Waals surface area contributed by atoms with Gasteiger partial charge in [-0.15, -0.1) is 0 Å². The molecule has 0 unspecified atom stereocenters. The number of aromatic hydroxyl groups is 1. The lowest BCUT2D eigenvalue weighted by Crippen LogP contribution is -2.06. The highest BCUT2D eigenvalue weighted by Crippen LogP contribution is 2.31. The van der Waals surface area contributed by atoms with Crippen LogP contribution in [0.15, 0.2) is 33.5 Å². The number of aryl methyl sites for hydroxylation is 1. The lowest BCUT2D eigenvalue weighted by atomic mass is 10.1. The molecule has 3 aromatic rings. The lowest BCUT2D eigenvalue weighted by molar-refractivity contribution is 0.0696. The molecule has 6 nitrogen and oxygen atoms in total. The van der Waals surface area contributed by atoms with E-state index in [-0.39, 0.29) is 39.0 Å². The third kappa shape index (κ3) is 1.96. The van der Waals surface area contributed by atoms with Gasteiger partial charge < -0.3 is 19.4 Å². The molecule has 2 N–H and O–H groups in total. The van der Waals surface area contributed by atoms with Crippen molar-refractivity contribution in [3.63, 3.8) is 0 Å². The fourth-order valence-electron chi connectivity index (χ4n) is 2.47. The summed E-state index contributed by atoms with van der Waals surface area (Å²) >= 11 is 0. The van der Waals surface area contributed by atoms with Crippen LogP contribution in [0.25, 0.3) is 21.9 Å². The van der Waals surface area contributed by atoms with Gasteiger partial charge in [0.05, 0.1) is 12.7 Å². The number of hydrogen-bond donors (Lipinski definition) is 2. The van der Waals surface area contributed by atoms with Crippen LogP contribution in [0.4, 0.5) is 0 Å². The highest BCUT2D eigenvalue weighted by molar-refractivity contribution is 6.00. The molecule has 1 aromatic heterocycles. The van der Waals surface area contributed by atoms with Crippen LogP contribution in [0.2, 0.25) is 0 Å². The molecule has 0 radical (unpaired) electrons. The van der Waals surface area contributed by atoms with Crippen molar-refractivity contribution in [1.29, 1.82) is 0 Å². The van der Waals surface area contributed by atoms with Crippen LogP contribution in [0.1, 0.15) is 15.9 Å². The molecule has 0 spiro atoms. The summed E-state index contributed by atoms with van der Waals surface area (Å²) < 4.78 is 10.7. The summed E-state index contributed by atoms with van der Waals surface area (Å²) in [6.07, 6.45) is 0. The minimum Gasteiger partial charge on any atom is -0.507 e. The van der Waals surface area contributed by atoms with E-state index < -0.39 is 11.4 Å². The number of ether oxygens (including phenoxy) is 1. The van der Waals surface area contributed by atoms with E-state index in [0.29, 0.717) is 5.56 Å². The first kappa shape index (κ1) is 13.9. The van der Waals surface area contributed by atoms with Crippen LogP contribution < -0.4 is 10.2 Å². The highest BCUT2D eigenvalue weighted by Gasteiger charge is 2.18. The van der Waals surface area contributed by atoms with Gasteiger partial charge in [0.2, 0.25) is 5.43 Å². The minimum atomic E-state index is -1.16. The van der Waals surface area contributed by atoms with Gasteiger partial charge >= 0.3 is 5.97 Å². The summed E-state index contributed by atoms with van der Waals surface area (Å²) in [6, 6.07) is 5.58. The smallest absolute Gasteiger partial charge is 0.335 e. The first-order valence-corrected chi connectivity index (χ1v) is 6.44. The van der Waals surface area contributed by atoms with Crippen molar-refractivity contribution in [2.24, 2.45) is 0 Å². The van der Waals surface area contributed by atoms with Gasteiger partial charge in [-0.2, -0.15) is 0 Å². The molecule has 0 saturated heterocycles. The predicted molar refractivity (Wildman–Crippen MR) is 79.9 cm³/mol. The second-order valence-electron chi connectivity index (χ2n) is 4.95. The molecule has 22 heavy (non-hydrogen) atoms. The lowest BCUT2D eigenvalue weighted by Gasteiger charge is -2.09. The number of aromatic carboxylic acids is 1. The quantitative estimate of drug-likeness (QED) is 0.706. The standard InChI is InChI=1S/C16H12O6/c1-7-3-9(17)13-11(4-7)22-12-6-8(16(19)20)5-10(21-2)14(12)15(13)18/h3-6,17H,1-2H3,(H,19,20). The number of methoxy groups -OCH3 is 1. The molecular formula is C16H12O6. The Morgan fingerprint density at radius 2 is 1.82 bits per heavy atom. The molecule has 1 heterocycles. The Morgan fingerprint density at radius 3 is 2.45 bits per heavy atom. The Balaban J connectivity index is 2.57. The largest absolute Gasteiger partial charge is 0.507 e. The van der Waals surface area contributed by atoms with Crippen LogP contribution in [-0.4, -0.2) is 23.3 Å².